The van der Waals surface area contributed by atoms with E-state index < -0.39 is 5.60 Å². The Balaban J connectivity index is 1.61. The minimum atomic E-state index is -1.13. The molecular formula is C19H24N6O2. The number of aliphatic hydroxyl groups is 1. The maximum Gasteiger partial charge on any atom is 0.191 e. The summed E-state index contributed by atoms with van der Waals surface area (Å²) in [5.74, 6) is 1.92. The maximum absolute atomic E-state index is 10.5. The van der Waals surface area contributed by atoms with Crippen molar-refractivity contribution in [2.45, 2.75) is 26.0 Å². The largest absolute Gasteiger partial charge is 0.466 e. The summed E-state index contributed by atoms with van der Waals surface area (Å²) in [4.78, 5) is 13.0. The molecule has 27 heavy (non-hydrogen) atoms. The second-order valence-corrected chi connectivity index (χ2v) is 6.29. The fourth-order valence-corrected chi connectivity index (χ4v) is 2.50. The number of nitrogens with one attached hydrogen (secondary N) is 2. The highest BCUT2D eigenvalue weighted by Gasteiger charge is 2.26. The average Bonchev–Trinajstić information content (AvgIpc) is 3.39. The van der Waals surface area contributed by atoms with Crippen LogP contribution in [-0.4, -0.2) is 38.7 Å². The first-order valence-electron chi connectivity index (χ1n) is 8.80. The molecule has 3 rings (SSSR count). The van der Waals surface area contributed by atoms with Gasteiger partial charge in [0.15, 0.2) is 5.96 Å². The SMILES string of the molecule is CCNC(=NCc1ccc(-n2ccnc2)nc1)NCC(C)(O)c1ccco1. The number of imidazole rings is 1. The van der Waals surface area contributed by atoms with Crippen molar-refractivity contribution in [2.75, 3.05) is 13.1 Å². The Kier molecular flexibility index (Phi) is 5.87. The number of hydrogen-bond donors (Lipinski definition) is 3. The van der Waals surface area contributed by atoms with Crippen molar-refractivity contribution < 1.29 is 9.52 Å². The number of guanidine groups is 1. The van der Waals surface area contributed by atoms with Gasteiger partial charge in [0.1, 0.15) is 23.5 Å². The molecule has 1 unspecified atom stereocenters. The number of pyridine rings is 1. The molecule has 0 aromatic carbocycles. The molecule has 3 aromatic rings. The monoisotopic (exact) mass is 368 g/mol. The molecule has 3 aromatic heterocycles. The normalized spacial score (nSPS) is 14.0. The molecule has 0 aliphatic heterocycles. The van der Waals surface area contributed by atoms with Crippen molar-refractivity contribution in [3.05, 3.63) is 66.8 Å². The molecule has 0 saturated carbocycles. The van der Waals surface area contributed by atoms with Crippen molar-refractivity contribution in [1.29, 1.82) is 0 Å². The molecule has 1 atom stereocenters. The molecule has 0 aliphatic rings. The van der Waals surface area contributed by atoms with Gasteiger partial charge >= 0.3 is 0 Å². The zero-order valence-electron chi connectivity index (χ0n) is 15.5. The van der Waals surface area contributed by atoms with Gasteiger partial charge in [0.25, 0.3) is 0 Å². The lowest BCUT2D eigenvalue weighted by atomic mass is 10.0. The molecule has 0 bridgehead atoms. The summed E-state index contributed by atoms with van der Waals surface area (Å²) in [6.45, 7) is 5.14. The summed E-state index contributed by atoms with van der Waals surface area (Å²) in [5.41, 5.74) is -0.151. The maximum atomic E-state index is 10.5. The molecule has 3 heterocycles. The number of rotatable bonds is 7. The third-order valence-electron chi connectivity index (χ3n) is 3.99. The number of nitrogens with zero attached hydrogens (tertiary/aromatic N) is 4. The lowest BCUT2D eigenvalue weighted by molar-refractivity contribution is 0.0386. The van der Waals surface area contributed by atoms with E-state index in [0.29, 0.717) is 24.8 Å². The van der Waals surface area contributed by atoms with Crippen molar-refractivity contribution in [2.24, 2.45) is 4.99 Å². The highest BCUT2D eigenvalue weighted by Crippen LogP contribution is 2.19. The van der Waals surface area contributed by atoms with Crippen LogP contribution in [0.2, 0.25) is 0 Å². The summed E-state index contributed by atoms with van der Waals surface area (Å²) in [7, 11) is 0. The molecule has 8 heteroatoms. The van der Waals surface area contributed by atoms with Gasteiger partial charge in [0.2, 0.25) is 0 Å². The summed E-state index contributed by atoms with van der Waals surface area (Å²) >= 11 is 0. The summed E-state index contributed by atoms with van der Waals surface area (Å²) in [6, 6.07) is 7.41. The van der Waals surface area contributed by atoms with Crippen LogP contribution in [0.15, 0.2) is 64.9 Å². The van der Waals surface area contributed by atoms with Crippen LogP contribution < -0.4 is 10.6 Å². The van der Waals surface area contributed by atoms with Crippen LogP contribution in [0.3, 0.4) is 0 Å². The van der Waals surface area contributed by atoms with Gasteiger partial charge in [-0.1, -0.05) is 6.07 Å². The summed E-state index contributed by atoms with van der Waals surface area (Å²) in [6.07, 6.45) is 8.60. The zero-order chi connectivity index (χ0) is 19.1. The average molecular weight is 368 g/mol. The van der Waals surface area contributed by atoms with E-state index in [9.17, 15) is 5.11 Å². The van der Waals surface area contributed by atoms with Gasteiger partial charge in [-0.05, 0) is 37.6 Å². The minimum Gasteiger partial charge on any atom is -0.466 e. The standard InChI is InChI=1S/C19H24N6O2/c1-3-21-18(24-13-19(2,26)16-5-4-10-27-16)23-12-15-6-7-17(22-11-15)25-9-8-20-14-25/h4-11,14,26H,3,12-13H2,1-2H3,(H2,21,23,24). The Bertz CT molecular complexity index is 839. The summed E-state index contributed by atoms with van der Waals surface area (Å²) < 4.78 is 7.14. The first kappa shape index (κ1) is 18.7. The Hall–Kier alpha value is -3.13. The van der Waals surface area contributed by atoms with Crippen LogP contribution in [-0.2, 0) is 12.1 Å². The topological polar surface area (TPSA) is 100 Å². The second kappa shape index (κ2) is 8.50. The van der Waals surface area contributed by atoms with Crippen LogP contribution in [0, 0.1) is 0 Å². The van der Waals surface area contributed by atoms with Crippen LogP contribution in [0.25, 0.3) is 5.82 Å². The highest BCUT2D eigenvalue weighted by molar-refractivity contribution is 5.79. The van der Waals surface area contributed by atoms with Crippen molar-refractivity contribution in [3.63, 3.8) is 0 Å². The van der Waals surface area contributed by atoms with Crippen LogP contribution in [0.4, 0.5) is 0 Å². The van der Waals surface area contributed by atoms with Gasteiger partial charge in [-0.3, -0.25) is 4.57 Å². The van der Waals surface area contributed by atoms with Crippen molar-refractivity contribution in [3.8, 4) is 5.82 Å². The molecule has 0 saturated heterocycles. The van der Waals surface area contributed by atoms with E-state index in [1.54, 1.807) is 44.0 Å². The first-order valence-corrected chi connectivity index (χ1v) is 8.80. The minimum absolute atomic E-state index is 0.268. The summed E-state index contributed by atoms with van der Waals surface area (Å²) in [5, 5.41) is 16.9. The van der Waals surface area contributed by atoms with Gasteiger partial charge < -0.3 is 20.2 Å². The van der Waals surface area contributed by atoms with Gasteiger partial charge in [-0.15, -0.1) is 0 Å². The Labute approximate surface area is 158 Å². The number of furan rings is 1. The molecule has 0 radical (unpaired) electrons. The predicted octanol–water partition coefficient (Wildman–Crippen LogP) is 1.82. The quantitative estimate of drug-likeness (QED) is 0.434. The molecule has 0 aliphatic carbocycles. The Morgan fingerprint density at radius 1 is 1.33 bits per heavy atom. The van der Waals surface area contributed by atoms with Crippen LogP contribution in [0.5, 0.6) is 0 Å². The Morgan fingerprint density at radius 2 is 2.22 bits per heavy atom. The smallest absolute Gasteiger partial charge is 0.191 e. The van der Waals surface area contributed by atoms with Gasteiger partial charge in [0, 0.05) is 25.1 Å². The van der Waals surface area contributed by atoms with E-state index in [-0.39, 0.29) is 6.54 Å². The van der Waals surface area contributed by atoms with Gasteiger partial charge in [-0.25, -0.2) is 15.0 Å². The fraction of sp³-hybridized carbons (Fsp3) is 0.316. The molecule has 0 amide bonds. The van der Waals surface area contributed by atoms with Crippen molar-refractivity contribution in [1.82, 2.24) is 25.2 Å². The third-order valence-corrected chi connectivity index (χ3v) is 3.99. The van der Waals surface area contributed by atoms with Crippen LogP contribution in [0.1, 0.15) is 25.2 Å². The van der Waals surface area contributed by atoms with E-state index in [0.717, 1.165) is 11.4 Å². The second-order valence-electron chi connectivity index (χ2n) is 6.29. The number of aliphatic imine (C=N–C) groups is 1. The van der Waals surface area contributed by atoms with Gasteiger partial charge in [-0.2, -0.15) is 0 Å². The Morgan fingerprint density at radius 3 is 2.85 bits per heavy atom. The molecule has 0 spiro atoms. The van der Waals surface area contributed by atoms with Gasteiger partial charge in [0.05, 0.1) is 19.4 Å². The zero-order valence-corrected chi connectivity index (χ0v) is 15.5. The van der Waals surface area contributed by atoms with Crippen LogP contribution >= 0.6 is 0 Å². The molecule has 8 nitrogen and oxygen atoms in total. The fourth-order valence-electron chi connectivity index (χ4n) is 2.50. The number of hydrogen-bond acceptors (Lipinski definition) is 5. The molecule has 0 fully saturated rings. The van der Waals surface area contributed by atoms with E-state index in [1.807, 2.05) is 29.8 Å². The molecular weight excluding hydrogens is 344 g/mol. The predicted molar refractivity (Wildman–Crippen MR) is 102 cm³/mol. The van der Waals surface area contributed by atoms with E-state index >= 15 is 0 Å². The lowest BCUT2D eigenvalue weighted by Crippen LogP contribution is -2.44. The van der Waals surface area contributed by atoms with Crippen molar-refractivity contribution >= 4 is 5.96 Å². The van der Waals surface area contributed by atoms with E-state index in [1.165, 1.54) is 0 Å². The first-order chi connectivity index (χ1) is 13.1. The third kappa shape index (κ3) is 4.95. The van der Waals surface area contributed by atoms with E-state index in [4.69, 9.17) is 4.42 Å². The molecule has 3 N–H and O–H groups in total. The van der Waals surface area contributed by atoms with E-state index in [2.05, 4.69) is 25.6 Å². The number of aromatic nitrogens is 3. The molecule has 142 valence electrons. The highest BCUT2D eigenvalue weighted by atomic mass is 16.4. The lowest BCUT2D eigenvalue weighted by Gasteiger charge is -2.22.